The van der Waals surface area contributed by atoms with E-state index >= 15 is 0 Å². The van der Waals surface area contributed by atoms with Crippen LogP contribution in [0.4, 0.5) is 5.69 Å². The lowest BCUT2D eigenvalue weighted by Gasteiger charge is -2.30. The van der Waals surface area contributed by atoms with E-state index in [-0.39, 0.29) is 17.2 Å². The molecule has 1 aromatic rings. The molecule has 0 N–H and O–H groups in total. The predicted octanol–water partition coefficient (Wildman–Crippen LogP) is 1.65. The summed E-state index contributed by atoms with van der Waals surface area (Å²) in [6.45, 7) is 1.91. The minimum atomic E-state index is -0.727. The molecule has 0 saturated carbocycles. The Morgan fingerprint density at radius 1 is 0.966 bits per heavy atom. The lowest BCUT2D eigenvalue weighted by molar-refractivity contribution is -0.139. The maximum absolute atomic E-state index is 13.1. The summed E-state index contributed by atoms with van der Waals surface area (Å²) in [4.78, 5) is 41.2. The average Bonchev–Trinajstić information content (AvgIpc) is 3.01. The highest BCUT2D eigenvalue weighted by molar-refractivity contribution is 6.07. The zero-order chi connectivity index (χ0) is 20.8. The zero-order valence-electron chi connectivity index (χ0n) is 16.3. The number of anilines is 1. The van der Waals surface area contributed by atoms with Crippen molar-refractivity contribution in [3.63, 3.8) is 0 Å². The quantitative estimate of drug-likeness (QED) is 0.713. The highest BCUT2D eigenvalue weighted by atomic mass is 16.5. The van der Waals surface area contributed by atoms with E-state index in [1.807, 2.05) is 0 Å². The smallest absolute Gasteiger partial charge is 0.355 e. The van der Waals surface area contributed by atoms with Gasteiger partial charge in [0.1, 0.15) is 5.70 Å². The van der Waals surface area contributed by atoms with E-state index in [2.05, 4.69) is 0 Å². The number of hydrogen-bond donors (Lipinski definition) is 0. The second kappa shape index (κ2) is 9.20. The molecule has 2 heterocycles. The second-order valence-corrected chi connectivity index (χ2v) is 6.24. The zero-order valence-corrected chi connectivity index (χ0v) is 16.3. The van der Waals surface area contributed by atoms with Gasteiger partial charge in [0, 0.05) is 19.3 Å². The summed E-state index contributed by atoms with van der Waals surface area (Å²) in [5.74, 6) is -1.60. The summed E-state index contributed by atoms with van der Waals surface area (Å²) in [5, 5.41) is 0. The van der Waals surface area contributed by atoms with Gasteiger partial charge in [-0.05, 0) is 24.3 Å². The summed E-state index contributed by atoms with van der Waals surface area (Å²) in [7, 11) is 2.46. The molecule has 29 heavy (non-hydrogen) atoms. The van der Waals surface area contributed by atoms with Crippen molar-refractivity contribution >= 4 is 23.5 Å². The van der Waals surface area contributed by atoms with Crippen LogP contribution in [-0.2, 0) is 23.8 Å². The van der Waals surface area contributed by atoms with E-state index in [1.54, 1.807) is 47.5 Å². The molecule has 2 aliphatic rings. The second-order valence-electron chi connectivity index (χ2n) is 6.24. The van der Waals surface area contributed by atoms with E-state index < -0.39 is 11.9 Å². The Morgan fingerprint density at radius 2 is 1.66 bits per heavy atom. The molecule has 8 nitrogen and oxygen atoms in total. The Kier molecular flexibility index (Phi) is 6.46. The van der Waals surface area contributed by atoms with Crippen LogP contribution in [0.3, 0.4) is 0 Å². The van der Waals surface area contributed by atoms with Crippen LogP contribution < -0.4 is 4.90 Å². The highest BCUT2D eigenvalue weighted by Gasteiger charge is 2.30. The van der Waals surface area contributed by atoms with Crippen LogP contribution in [0.15, 0.2) is 60.0 Å². The summed E-state index contributed by atoms with van der Waals surface area (Å²) in [6.07, 6.45) is 6.35. The van der Waals surface area contributed by atoms with Crippen LogP contribution in [0.1, 0.15) is 10.4 Å². The van der Waals surface area contributed by atoms with Gasteiger partial charge in [-0.3, -0.25) is 4.79 Å². The van der Waals surface area contributed by atoms with Gasteiger partial charge in [0.2, 0.25) is 0 Å². The molecule has 0 unspecified atom stereocenters. The molecular formula is C21H22N2O6. The molecule has 3 rings (SSSR count). The van der Waals surface area contributed by atoms with E-state index in [4.69, 9.17) is 14.2 Å². The van der Waals surface area contributed by atoms with E-state index in [9.17, 15) is 14.4 Å². The Hall–Kier alpha value is -3.39. The maximum Gasteiger partial charge on any atom is 0.355 e. The van der Waals surface area contributed by atoms with Crippen molar-refractivity contribution in [2.45, 2.75) is 0 Å². The van der Waals surface area contributed by atoms with Crippen LogP contribution in [0.5, 0.6) is 0 Å². The van der Waals surface area contributed by atoms with Crippen molar-refractivity contribution < 1.29 is 28.6 Å². The highest BCUT2D eigenvalue weighted by Crippen LogP contribution is 2.30. The molecule has 0 aliphatic carbocycles. The Bertz CT molecular complexity index is 896. The number of para-hydroxylation sites is 1. The predicted molar refractivity (Wildman–Crippen MR) is 105 cm³/mol. The maximum atomic E-state index is 13.1. The number of benzene rings is 1. The fourth-order valence-corrected chi connectivity index (χ4v) is 3.15. The first-order valence-electron chi connectivity index (χ1n) is 9.09. The third kappa shape index (κ3) is 4.22. The topological polar surface area (TPSA) is 85.4 Å². The van der Waals surface area contributed by atoms with Gasteiger partial charge in [0.25, 0.3) is 5.91 Å². The number of allylic oxidation sites excluding steroid dienone is 2. The van der Waals surface area contributed by atoms with Gasteiger partial charge in [-0.1, -0.05) is 18.2 Å². The SMILES string of the molecule is COC(=O)C1=C(C(=O)OC)N(c2ccccc2C(=O)N2CCOCC2)C=CC=C1. The van der Waals surface area contributed by atoms with E-state index in [1.165, 1.54) is 25.2 Å². The third-order valence-electron chi connectivity index (χ3n) is 4.58. The molecule has 0 spiro atoms. The van der Waals surface area contributed by atoms with Crippen LogP contribution in [0, 0.1) is 0 Å². The monoisotopic (exact) mass is 398 g/mol. The molecule has 0 aromatic heterocycles. The number of amides is 1. The number of hydrogen-bond acceptors (Lipinski definition) is 7. The average molecular weight is 398 g/mol. The minimum Gasteiger partial charge on any atom is -0.465 e. The molecule has 1 saturated heterocycles. The van der Waals surface area contributed by atoms with Crippen LogP contribution in [0.2, 0.25) is 0 Å². The first-order valence-corrected chi connectivity index (χ1v) is 9.09. The summed E-state index contributed by atoms with van der Waals surface area (Å²) in [6, 6.07) is 6.90. The van der Waals surface area contributed by atoms with Crippen molar-refractivity contribution in [2.24, 2.45) is 0 Å². The molecule has 1 fully saturated rings. The number of rotatable bonds is 4. The normalized spacial score (nSPS) is 16.5. The molecule has 2 aliphatic heterocycles. The minimum absolute atomic E-state index is 0.0259. The van der Waals surface area contributed by atoms with E-state index in [0.717, 1.165) is 0 Å². The van der Waals surface area contributed by atoms with Crippen molar-refractivity contribution in [1.29, 1.82) is 0 Å². The lowest BCUT2D eigenvalue weighted by Crippen LogP contribution is -2.41. The number of carbonyl (C=O) groups is 3. The van der Waals surface area contributed by atoms with Crippen LogP contribution >= 0.6 is 0 Å². The molecule has 152 valence electrons. The van der Waals surface area contributed by atoms with Crippen molar-refractivity contribution in [3.05, 3.63) is 65.5 Å². The van der Waals surface area contributed by atoms with Crippen molar-refractivity contribution in [2.75, 3.05) is 45.4 Å². The van der Waals surface area contributed by atoms with Crippen LogP contribution in [0.25, 0.3) is 0 Å². The number of esters is 2. The largest absolute Gasteiger partial charge is 0.465 e. The van der Waals surface area contributed by atoms with Crippen molar-refractivity contribution in [3.8, 4) is 0 Å². The molecule has 0 atom stereocenters. The number of carbonyl (C=O) groups excluding carboxylic acids is 3. The van der Waals surface area contributed by atoms with Gasteiger partial charge in [0.05, 0.1) is 44.3 Å². The van der Waals surface area contributed by atoms with Gasteiger partial charge < -0.3 is 24.0 Å². The molecule has 1 aromatic carbocycles. The van der Waals surface area contributed by atoms with Gasteiger partial charge in [-0.25, -0.2) is 9.59 Å². The summed E-state index contributed by atoms with van der Waals surface area (Å²) < 4.78 is 15.1. The molecular weight excluding hydrogens is 376 g/mol. The molecule has 0 bridgehead atoms. The number of methoxy groups -OCH3 is 2. The Labute approximate surface area is 168 Å². The van der Waals surface area contributed by atoms with Gasteiger partial charge >= 0.3 is 11.9 Å². The first-order chi connectivity index (χ1) is 14.1. The van der Waals surface area contributed by atoms with Gasteiger partial charge in [0.15, 0.2) is 0 Å². The Balaban J connectivity index is 2.12. The molecule has 8 heteroatoms. The van der Waals surface area contributed by atoms with Crippen LogP contribution in [-0.4, -0.2) is 63.3 Å². The lowest BCUT2D eigenvalue weighted by atomic mass is 10.1. The molecule has 0 radical (unpaired) electrons. The van der Waals surface area contributed by atoms with E-state index in [0.29, 0.717) is 37.6 Å². The van der Waals surface area contributed by atoms with Gasteiger partial charge in [-0.15, -0.1) is 0 Å². The first kappa shape index (κ1) is 20.3. The fourth-order valence-electron chi connectivity index (χ4n) is 3.15. The third-order valence-corrected chi connectivity index (χ3v) is 4.58. The number of morpholine rings is 1. The standard InChI is InChI=1S/C21H22N2O6/c1-27-20(25)16-8-5-6-10-23(18(16)21(26)28-2)17-9-4-3-7-15(17)19(24)22-11-13-29-14-12-22/h3-10H,11-14H2,1-2H3. The van der Waals surface area contributed by atoms with Gasteiger partial charge in [-0.2, -0.15) is 0 Å². The summed E-state index contributed by atoms with van der Waals surface area (Å²) >= 11 is 0. The number of nitrogens with zero attached hydrogens (tertiary/aromatic N) is 2. The summed E-state index contributed by atoms with van der Waals surface area (Å²) in [5.41, 5.74) is 0.835. The fraction of sp³-hybridized carbons (Fsp3) is 0.286. The Morgan fingerprint density at radius 3 is 2.34 bits per heavy atom. The van der Waals surface area contributed by atoms with Crippen molar-refractivity contribution in [1.82, 2.24) is 4.90 Å². The molecule has 1 amide bonds. The number of ether oxygens (including phenoxy) is 3.